The zero-order valence-electron chi connectivity index (χ0n) is 12.2. The maximum Gasteiger partial charge on any atom is 0.159 e. The van der Waals surface area contributed by atoms with Gasteiger partial charge < -0.3 is 10.1 Å². The van der Waals surface area contributed by atoms with E-state index in [0.29, 0.717) is 12.1 Å². The fourth-order valence-electron chi connectivity index (χ4n) is 2.19. The van der Waals surface area contributed by atoms with Gasteiger partial charge in [-0.2, -0.15) is 0 Å². The summed E-state index contributed by atoms with van der Waals surface area (Å²) in [5, 5.41) is 3.32. The number of methoxy groups -OCH3 is 1. The van der Waals surface area contributed by atoms with E-state index in [-0.39, 0.29) is 0 Å². The number of benzene rings is 2. The van der Waals surface area contributed by atoms with Crippen LogP contribution < -0.4 is 10.1 Å². The van der Waals surface area contributed by atoms with Crippen LogP contribution in [0.2, 0.25) is 0 Å². The lowest BCUT2D eigenvalue weighted by Gasteiger charge is -2.13. The van der Waals surface area contributed by atoms with Crippen molar-refractivity contribution < 1.29 is 13.5 Å². The molecule has 0 aliphatic rings. The highest BCUT2D eigenvalue weighted by Crippen LogP contribution is 2.28. The van der Waals surface area contributed by atoms with Gasteiger partial charge in [0, 0.05) is 6.54 Å². The Balaban J connectivity index is 2.38. The smallest absolute Gasteiger partial charge is 0.159 e. The molecule has 2 nitrogen and oxygen atoms in total. The zero-order valence-corrected chi connectivity index (χ0v) is 12.2. The van der Waals surface area contributed by atoms with Crippen LogP contribution in [-0.4, -0.2) is 13.7 Å². The normalized spacial score (nSPS) is 10.7. The third kappa shape index (κ3) is 3.79. The monoisotopic (exact) mass is 291 g/mol. The highest BCUT2D eigenvalue weighted by Gasteiger charge is 2.10. The van der Waals surface area contributed by atoms with E-state index in [1.165, 1.54) is 6.07 Å². The molecule has 2 aromatic rings. The van der Waals surface area contributed by atoms with Crippen molar-refractivity contribution >= 4 is 0 Å². The van der Waals surface area contributed by atoms with E-state index in [9.17, 15) is 8.78 Å². The minimum atomic E-state index is -0.837. The minimum absolute atomic E-state index is 0.652. The first-order chi connectivity index (χ1) is 10.2. The molecule has 112 valence electrons. The maximum absolute atomic E-state index is 13.4. The highest BCUT2D eigenvalue weighted by atomic mass is 19.2. The molecule has 0 aliphatic heterocycles. The van der Waals surface area contributed by atoms with E-state index in [1.807, 2.05) is 18.2 Å². The molecule has 21 heavy (non-hydrogen) atoms. The lowest BCUT2D eigenvalue weighted by Crippen LogP contribution is -2.14. The van der Waals surface area contributed by atoms with Crippen LogP contribution in [0.1, 0.15) is 18.9 Å². The number of hydrogen-bond donors (Lipinski definition) is 1. The van der Waals surface area contributed by atoms with Crippen LogP contribution in [0.25, 0.3) is 11.1 Å². The largest absolute Gasteiger partial charge is 0.497 e. The van der Waals surface area contributed by atoms with Crippen molar-refractivity contribution in [3.63, 3.8) is 0 Å². The van der Waals surface area contributed by atoms with Crippen LogP contribution in [0.5, 0.6) is 5.75 Å². The number of rotatable bonds is 6. The maximum atomic E-state index is 13.4. The van der Waals surface area contributed by atoms with Crippen molar-refractivity contribution in [1.29, 1.82) is 0 Å². The third-order valence-electron chi connectivity index (χ3n) is 3.29. The molecule has 2 aromatic carbocycles. The van der Waals surface area contributed by atoms with Crippen molar-refractivity contribution in [3.8, 4) is 16.9 Å². The summed E-state index contributed by atoms with van der Waals surface area (Å²) in [4.78, 5) is 0. The Morgan fingerprint density at radius 3 is 2.52 bits per heavy atom. The predicted molar refractivity (Wildman–Crippen MR) is 80.3 cm³/mol. The molecule has 0 atom stereocenters. The molecule has 4 heteroatoms. The molecular weight excluding hydrogens is 272 g/mol. The molecule has 0 bridgehead atoms. The lowest BCUT2D eigenvalue weighted by molar-refractivity contribution is 0.414. The molecule has 0 unspecified atom stereocenters. The summed E-state index contributed by atoms with van der Waals surface area (Å²) in [6.07, 6.45) is 1.03. The Hall–Kier alpha value is -1.94. The molecule has 0 heterocycles. The molecule has 0 aromatic heterocycles. The first kappa shape index (κ1) is 15.4. The summed E-state index contributed by atoms with van der Waals surface area (Å²) >= 11 is 0. The second kappa shape index (κ2) is 7.18. The van der Waals surface area contributed by atoms with Gasteiger partial charge in [0.25, 0.3) is 0 Å². The van der Waals surface area contributed by atoms with Gasteiger partial charge in [-0.3, -0.25) is 0 Å². The van der Waals surface area contributed by atoms with Crippen molar-refractivity contribution in [2.75, 3.05) is 13.7 Å². The van der Waals surface area contributed by atoms with Crippen LogP contribution in [0.15, 0.2) is 36.4 Å². The van der Waals surface area contributed by atoms with Crippen molar-refractivity contribution in [2.45, 2.75) is 19.9 Å². The van der Waals surface area contributed by atoms with Gasteiger partial charge in [-0.15, -0.1) is 0 Å². The molecular formula is C17H19F2NO. The van der Waals surface area contributed by atoms with Crippen LogP contribution >= 0.6 is 0 Å². The van der Waals surface area contributed by atoms with E-state index in [0.717, 1.165) is 35.9 Å². The van der Waals surface area contributed by atoms with Gasteiger partial charge in [0.2, 0.25) is 0 Å². The molecule has 0 fully saturated rings. The van der Waals surface area contributed by atoms with Gasteiger partial charge in [-0.1, -0.05) is 19.1 Å². The Morgan fingerprint density at radius 2 is 1.86 bits per heavy atom. The third-order valence-corrected chi connectivity index (χ3v) is 3.29. The van der Waals surface area contributed by atoms with Crippen molar-refractivity contribution in [3.05, 3.63) is 53.6 Å². The summed E-state index contributed by atoms with van der Waals surface area (Å²) < 4.78 is 31.7. The van der Waals surface area contributed by atoms with Crippen LogP contribution in [0.3, 0.4) is 0 Å². The molecule has 0 saturated heterocycles. The zero-order chi connectivity index (χ0) is 15.2. The fraction of sp³-hybridized carbons (Fsp3) is 0.294. The van der Waals surface area contributed by atoms with Gasteiger partial charge in [0.1, 0.15) is 5.75 Å². The molecule has 1 N–H and O–H groups in total. The van der Waals surface area contributed by atoms with Gasteiger partial charge >= 0.3 is 0 Å². The van der Waals surface area contributed by atoms with Gasteiger partial charge in [0.15, 0.2) is 11.6 Å². The number of ether oxygens (including phenoxy) is 1. The van der Waals surface area contributed by atoms with Crippen LogP contribution in [0, 0.1) is 11.6 Å². The predicted octanol–water partition coefficient (Wildman–Crippen LogP) is 4.14. The average molecular weight is 291 g/mol. The van der Waals surface area contributed by atoms with Crippen LogP contribution in [-0.2, 0) is 6.54 Å². The summed E-state index contributed by atoms with van der Waals surface area (Å²) in [6, 6.07) is 9.57. The number of halogens is 2. The second-order valence-electron chi connectivity index (χ2n) is 4.83. The average Bonchev–Trinajstić information content (AvgIpc) is 2.50. The van der Waals surface area contributed by atoms with E-state index in [4.69, 9.17) is 4.74 Å². The first-order valence-corrected chi connectivity index (χ1v) is 6.98. The van der Waals surface area contributed by atoms with Gasteiger partial charge in [0.05, 0.1) is 7.11 Å². The van der Waals surface area contributed by atoms with Crippen molar-refractivity contribution in [1.82, 2.24) is 5.32 Å². The first-order valence-electron chi connectivity index (χ1n) is 6.98. The van der Waals surface area contributed by atoms with E-state index >= 15 is 0 Å². The summed E-state index contributed by atoms with van der Waals surface area (Å²) in [6.45, 7) is 3.64. The number of hydrogen-bond acceptors (Lipinski definition) is 2. The lowest BCUT2D eigenvalue weighted by atomic mass is 9.99. The Kier molecular flexibility index (Phi) is 5.28. The van der Waals surface area contributed by atoms with E-state index < -0.39 is 11.6 Å². The Morgan fingerprint density at radius 1 is 1.05 bits per heavy atom. The fourth-order valence-corrected chi connectivity index (χ4v) is 2.19. The highest BCUT2D eigenvalue weighted by molar-refractivity contribution is 5.68. The molecule has 2 rings (SSSR count). The summed E-state index contributed by atoms with van der Waals surface area (Å²) in [7, 11) is 1.61. The summed E-state index contributed by atoms with van der Waals surface area (Å²) in [5.41, 5.74) is 2.52. The Labute approximate surface area is 123 Å². The Bertz CT molecular complexity index is 614. The molecule has 0 spiro atoms. The number of nitrogens with one attached hydrogen (secondary N) is 1. The topological polar surface area (TPSA) is 21.3 Å². The van der Waals surface area contributed by atoms with Crippen LogP contribution in [0.4, 0.5) is 8.78 Å². The minimum Gasteiger partial charge on any atom is -0.497 e. The summed E-state index contributed by atoms with van der Waals surface area (Å²) in [5.74, 6) is -0.927. The van der Waals surface area contributed by atoms with Gasteiger partial charge in [-0.05, 0) is 53.9 Å². The molecule has 0 saturated carbocycles. The molecule has 0 amide bonds. The molecule has 0 aliphatic carbocycles. The second-order valence-corrected chi connectivity index (χ2v) is 4.83. The molecule has 0 radical (unpaired) electrons. The standard InChI is InChI=1S/C17H19F2NO/c1-3-8-20-11-13-9-14(21-2)5-6-15(13)12-4-7-16(18)17(19)10-12/h4-7,9-10,20H,3,8,11H2,1-2H3. The van der Waals surface area contributed by atoms with E-state index in [2.05, 4.69) is 12.2 Å². The SMILES string of the molecule is CCCNCc1cc(OC)ccc1-c1ccc(F)c(F)c1. The quantitative estimate of drug-likeness (QED) is 0.808. The van der Waals surface area contributed by atoms with E-state index in [1.54, 1.807) is 13.2 Å². The van der Waals surface area contributed by atoms with Crippen molar-refractivity contribution in [2.24, 2.45) is 0 Å². The van der Waals surface area contributed by atoms with Gasteiger partial charge in [-0.25, -0.2) is 8.78 Å².